The SMILES string of the molecule is CCCCn1c(COC(=O)c2nn(CCC)c(=O)c3ccccc23)nc2cc(S(N)(=O)=O)ccc21. The Morgan fingerprint density at radius 2 is 1.80 bits per heavy atom. The number of hydrogen-bond donors (Lipinski definition) is 1. The van der Waals surface area contributed by atoms with Crippen LogP contribution in [0.3, 0.4) is 0 Å². The van der Waals surface area contributed by atoms with Crippen molar-refractivity contribution in [3.63, 3.8) is 0 Å². The normalized spacial score (nSPS) is 11.9. The van der Waals surface area contributed by atoms with E-state index < -0.39 is 16.0 Å². The number of fused-ring (bicyclic) bond motifs is 2. The number of benzene rings is 2. The Balaban J connectivity index is 1.70. The fourth-order valence-electron chi connectivity index (χ4n) is 3.96. The molecule has 0 amide bonds. The molecule has 4 aromatic rings. The Kier molecular flexibility index (Phi) is 6.99. The fraction of sp³-hybridized carbons (Fsp3) is 0.333. The van der Waals surface area contributed by atoms with E-state index in [0.29, 0.717) is 41.6 Å². The van der Waals surface area contributed by atoms with Crippen molar-refractivity contribution >= 4 is 37.8 Å². The number of esters is 1. The second-order valence-corrected chi connectivity index (χ2v) is 9.79. The highest BCUT2D eigenvalue weighted by atomic mass is 32.2. The first kappa shape index (κ1) is 24.6. The molecular formula is C24H27N5O5S. The van der Waals surface area contributed by atoms with Crippen LogP contribution in [0.5, 0.6) is 0 Å². The molecule has 2 heterocycles. The predicted molar refractivity (Wildman–Crippen MR) is 131 cm³/mol. The van der Waals surface area contributed by atoms with Crippen LogP contribution in [0.1, 0.15) is 49.4 Å². The zero-order chi connectivity index (χ0) is 25.2. The largest absolute Gasteiger partial charge is 0.453 e. The maximum absolute atomic E-state index is 13.1. The van der Waals surface area contributed by atoms with E-state index in [1.165, 1.54) is 16.8 Å². The molecule has 2 aromatic carbocycles. The molecule has 0 aliphatic carbocycles. The van der Waals surface area contributed by atoms with Gasteiger partial charge in [-0.25, -0.2) is 28.0 Å². The van der Waals surface area contributed by atoms with Gasteiger partial charge in [0.25, 0.3) is 5.56 Å². The summed E-state index contributed by atoms with van der Waals surface area (Å²) in [5, 5.41) is 10.4. The van der Waals surface area contributed by atoms with Crippen LogP contribution in [-0.2, 0) is 34.5 Å². The number of sulfonamides is 1. The molecule has 0 fully saturated rings. The van der Waals surface area contributed by atoms with Gasteiger partial charge in [-0.1, -0.05) is 38.5 Å². The molecule has 0 saturated heterocycles. The molecule has 0 radical (unpaired) electrons. The average molecular weight is 498 g/mol. The molecule has 0 unspecified atom stereocenters. The van der Waals surface area contributed by atoms with Crippen molar-refractivity contribution in [1.29, 1.82) is 0 Å². The number of primary sulfonamides is 1. The van der Waals surface area contributed by atoms with Crippen LogP contribution in [0, 0.1) is 0 Å². The number of hydrogen-bond acceptors (Lipinski definition) is 7. The van der Waals surface area contributed by atoms with Gasteiger partial charge in [0, 0.05) is 18.5 Å². The van der Waals surface area contributed by atoms with Gasteiger partial charge in [-0.3, -0.25) is 4.79 Å². The third-order valence-corrected chi connectivity index (χ3v) is 6.60. The van der Waals surface area contributed by atoms with Gasteiger partial charge in [0.1, 0.15) is 12.4 Å². The van der Waals surface area contributed by atoms with Crippen molar-refractivity contribution in [1.82, 2.24) is 19.3 Å². The summed E-state index contributed by atoms with van der Waals surface area (Å²) < 4.78 is 32.3. The number of carbonyl (C=O) groups excluding carboxylic acids is 1. The van der Waals surface area contributed by atoms with E-state index in [1.807, 2.05) is 11.5 Å². The average Bonchev–Trinajstić information content (AvgIpc) is 3.19. The summed E-state index contributed by atoms with van der Waals surface area (Å²) in [6.45, 7) is 4.83. The van der Waals surface area contributed by atoms with E-state index in [0.717, 1.165) is 18.4 Å². The molecule has 4 rings (SSSR count). The van der Waals surface area contributed by atoms with Gasteiger partial charge in [0.15, 0.2) is 5.69 Å². The van der Waals surface area contributed by atoms with Crippen molar-refractivity contribution in [2.24, 2.45) is 5.14 Å². The van der Waals surface area contributed by atoms with Crippen LogP contribution in [0.4, 0.5) is 0 Å². The Hall–Kier alpha value is -3.57. The van der Waals surface area contributed by atoms with E-state index in [9.17, 15) is 18.0 Å². The molecule has 11 heteroatoms. The Bertz CT molecular complexity index is 1570. The number of nitrogens with two attached hydrogens (primary N) is 1. The zero-order valence-electron chi connectivity index (χ0n) is 19.6. The van der Waals surface area contributed by atoms with Crippen LogP contribution < -0.4 is 10.7 Å². The fourth-order valence-corrected chi connectivity index (χ4v) is 4.49. The monoisotopic (exact) mass is 497 g/mol. The van der Waals surface area contributed by atoms with Crippen molar-refractivity contribution in [3.8, 4) is 0 Å². The number of nitrogens with zero attached hydrogens (tertiary/aromatic N) is 4. The van der Waals surface area contributed by atoms with E-state index >= 15 is 0 Å². The summed E-state index contributed by atoms with van der Waals surface area (Å²) in [5.74, 6) is -0.204. The third kappa shape index (κ3) is 4.96. The Labute approximate surface area is 202 Å². The quantitative estimate of drug-likeness (QED) is 0.351. The first-order chi connectivity index (χ1) is 16.7. The number of carbonyl (C=O) groups is 1. The van der Waals surface area contributed by atoms with Gasteiger partial charge in [0.05, 0.1) is 21.3 Å². The number of ether oxygens (including phenoxy) is 1. The summed E-state index contributed by atoms with van der Waals surface area (Å²) in [4.78, 5) is 30.3. The first-order valence-electron chi connectivity index (χ1n) is 11.4. The number of imidazole rings is 1. The van der Waals surface area contributed by atoms with Crippen LogP contribution in [0.15, 0.2) is 52.2 Å². The van der Waals surface area contributed by atoms with Gasteiger partial charge in [-0.05, 0) is 37.1 Å². The molecule has 0 bridgehead atoms. The molecule has 0 spiro atoms. The van der Waals surface area contributed by atoms with Gasteiger partial charge in [-0.2, -0.15) is 5.10 Å². The minimum atomic E-state index is -3.88. The van der Waals surface area contributed by atoms with Gasteiger partial charge in [-0.15, -0.1) is 0 Å². The summed E-state index contributed by atoms with van der Waals surface area (Å²) in [6.07, 6.45) is 2.47. The lowest BCUT2D eigenvalue weighted by molar-refractivity contribution is 0.0451. The number of aromatic nitrogens is 4. The van der Waals surface area contributed by atoms with E-state index in [2.05, 4.69) is 17.0 Å². The maximum atomic E-state index is 13.1. The molecule has 0 atom stereocenters. The van der Waals surface area contributed by atoms with Crippen molar-refractivity contribution in [2.45, 2.75) is 57.7 Å². The summed E-state index contributed by atoms with van der Waals surface area (Å²) in [6, 6.07) is 11.3. The summed E-state index contributed by atoms with van der Waals surface area (Å²) >= 11 is 0. The van der Waals surface area contributed by atoms with Crippen molar-refractivity contribution in [2.75, 3.05) is 0 Å². The number of rotatable bonds is 9. The van der Waals surface area contributed by atoms with Gasteiger partial charge in [0.2, 0.25) is 10.0 Å². The molecule has 0 aliphatic rings. The van der Waals surface area contributed by atoms with Crippen molar-refractivity contribution < 1.29 is 17.9 Å². The molecule has 0 aliphatic heterocycles. The van der Waals surface area contributed by atoms with E-state index in [-0.39, 0.29) is 22.8 Å². The van der Waals surface area contributed by atoms with Crippen LogP contribution in [0.25, 0.3) is 21.8 Å². The maximum Gasteiger partial charge on any atom is 0.359 e. The predicted octanol–water partition coefficient (Wildman–Crippen LogP) is 2.96. The lowest BCUT2D eigenvalue weighted by Gasteiger charge is -2.11. The zero-order valence-corrected chi connectivity index (χ0v) is 20.4. The standard InChI is InChI=1S/C24H27N5O5S/c1-3-5-13-28-20-11-10-16(35(25,32)33)14-19(20)26-21(28)15-34-24(31)22-17-8-6-7-9-18(17)23(30)29(27-22)12-4-2/h6-11,14H,3-5,12-13,15H2,1-2H3,(H2,25,32,33). The molecule has 2 aromatic heterocycles. The highest BCUT2D eigenvalue weighted by Crippen LogP contribution is 2.22. The lowest BCUT2D eigenvalue weighted by Crippen LogP contribution is -2.26. The molecule has 10 nitrogen and oxygen atoms in total. The topological polar surface area (TPSA) is 139 Å². The molecular weight excluding hydrogens is 470 g/mol. The molecule has 35 heavy (non-hydrogen) atoms. The number of unbranched alkanes of at least 4 members (excludes halogenated alkanes) is 1. The lowest BCUT2D eigenvalue weighted by atomic mass is 10.1. The number of aryl methyl sites for hydroxylation is 2. The second-order valence-electron chi connectivity index (χ2n) is 8.23. The minimum Gasteiger partial charge on any atom is -0.453 e. The van der Waals surface area contributed by atoms with Crippen LogP contribution in [-0.4, -0.2) is 33.7 Å². The Morgan fingerprint density at radius 3 is 2.49 bits per heavy atom. The highest BCUT2D eigenvalue weighted by Gasteiger charge is 2.20. The minimum absolute atomic E-state index is 0.0393. The van der Waals surface area contributed by atoms with E-state index in [4.69, 9.17) is 9.88 Å². The summed E-state index contributed by atoms with van der Waals surface area (Å²) in [7, 11) is -3.88. The smallest absolute Gasteiger partial charge is 0.359 e. The molecule has 0 saturated carbocycles. The molecule has 2 N–H and O–H groups in total. The third-order valence-electron chi connectivity index (χ3n) is 5.69. The first-order valence-corrected chi connectivity index (χ1v) is 13.0. The van der Waals surface area contributed by atoms with E-state index in [1.54, 1.807) is 30.3 Å². The highest BCUT2D eigenvalue weighted by molar-refractivity contribution is 7.89. The Morgan fingerprint density at radius 1 is 1.06 bits per heavy atom. The van der Waals surface area contributed by atoms with Gasteiger partial charge >= 0.3 is 5.97 Å². The van der Waals surface area contributed by atoms with Crippen molar-refractivity contribution in [3.05, 3.63) is 64.3 Å². The van der Waals surface area contributed by atoms with Gasteiger partial charge < -0.3 is 9.30 Å². The molecule has 184 valence electrons. The second kappa shape index (κ2) is 9.96. The van der Waals surface area contributed by atoms with Crippen LogP contribution in [0.2, 0.25) is 0 Å². The summed E-state index contributed by atoms with van der Waals surface area (Å²) in [5.41, 5.74) is 0.961. The van der Waals surface area contributed by atoms with Crippen LogP contribution >= 0.6 is 0 Å².